The topological polar surface area (TPSA) is 62.2 Å². The third-order valence-corrected chi connectivity index (χ3v) is 5.71. The maximum absolute atomic E-state index is 12.5. The van der Waals surface area contributed by atoms with Gasteiger partial charge in [-0.05, 0) is 27.6 Å². The summed E-state index contributed by atoms with van der Waals surface area (Å²) < 4.78 is 2.26. The molecule has 124 valence electrons. The van der Waals surface area contributed by atoms with Crippen molar-refractivity contribution < 1.29 is 9.90 Å². The Hall–Kier alpha value is -2.44. The third-order valence-electron chi connectivity index (χ3n) is 3.96. The first-order valence-corrected chi connectivity index (χ1v) is 9.28. The molecule has 0 saturated carbocycles. The number of nitrogens with one attached hydrogen (secondary N) is 1. The number of carbonyl (C=O) groups excluding carboxylic acids is 1. The smallest absolute Gasteiger partial charge is 0.274 e. The Balaban J connectivity index is 1.73. The van der Waals surface area contributed by atoms with Crippen LogP contribution in [0, 0.1) is 0 Å². The fourth-order valence-corrected chi connectivity index (χ4v) is 4.62. The summed E-state index contributed by atoms with van der Waals surface area (Å²) >= 11 is 4.90. The summed E-state index contributed by atoms with van der Waals surface area (Å²) in [6.07, 6.45) is 0. The maximum Gasteiger partial charge on any atom is 0.274 e. The summed E-state index contributed by atoms with van der Waals surface area (Å²) in [6, 6.07) is 17.5. The van der Waals surface area contributed by atoms with Gasteiger partial charge in [-0.2, -0.15) is 0 Å². The SMILES string of the molecule is O=C(NCc1ccccc1)c1nc(Br)c2c(sc3ccccc32)c1O. The highest BCUT2D eigenvalue weighted by atomic mass is 79.9. The highest BCUT2D eigenvalue weighted by Gasteiger charge is 2.21. The van der Waals surface area contributed by atoms with E-state index in [1.807, 2.05) is 54.6 Å². The number of aromatic nitrogens is 1. The van der Waals surface area contributed by atoms with Crippen LogP contribution < -0.4 is 5.32 Å². The Morgan fingerprint density at radius 1 is 1.12 bits per heavy atom. The number of thiophene rings is 1. The molecule has 2 aromatic carbocycles. The number of aromatic hydroxyl groups is 1. The Bertz CT molecular complexity index is 1090. The summed E-state index contributed by atoms with van der Waals surface area (Å²) in [5.74, 6) is -0.480. The number of rotatable bonds is 3. The van der Waals surface area contributed by atoms with Crippen molar-refractivity contribution in [2.45, 2.75) is 6.54 Å². The van der Waals surface area contributed by atoms with Gasteiger partial charge in [0, 0.05) is 22.0 Å². The van der Waals surface area contributed by atoms with Gasteiger partial charge in [0.2, 0.25) is 0 Å². The molecule has 1 amide bonds. The molecule has 0 bridgehead atoms. The van der Waals surface area contributed by atoms with E-state index in [0.29, 0.717) is 15.8 Å². The van der Waals surface area contributed by atoms with E-state index >= 15 is 0 Å². The zero-order valence-electron chi connectivity index (χ0n) is 13.0. The molecule has 0 saturated heterocycles. The number of pyridine rings is 1. The van der Waals surface area contributed by atoms with E-state index < -0.39 is 5.91 Å². The van der Waals surface area contributed by atoms with Crippen molar-refractivity contribution in [2.75, 3.05) is 0 Å². The van der Waals surface area contributed by atoms with Gasteiger partial charge in [0.25, 0.3) is 5.91 Å². The normalized spacial score (nSPS) is 11.1. The summed E-state index contributed by atoms with van der Waals surface area (Å²) in [6.45, 7) is 0.378. The van der Waals surface area contributed by atoms with E-state index in [0.717, 1.165) is 21.0 Å². The Labute approximate surface area is 156 Å². The molecular formula is C19H13BrN2O2S. The van der Waals surface area contributed by atoms with Crippen LogP contribution in [0.15, 0.2) is 59.2 Å². The van der Waals surface area contributed by atoms with Gasteiger partial charge in [-0.1, -0.05) is 48.5 Å². The molecule has 0 aliphatic heterocycles. The lowest BCUT2D eigenvalue weighted by molar-refractivity contribution is 0.0943. The highest BCUT2D eigenvalue weighted by Crippen LogP contribution is 2.42. The number of fused-ring (bicyclic) bond motifs is 3. The summed E-state index contributed by atoms with van der Waals surface area (Å²) in [5, 5.41) is 15.3. The zero-order chi connectivity index (χ0) is 17.4. The number of benzene rings is 2. The van der Waals surface area contributed by atoms with Gasteiger partial charge in [0.15, 0.2) is 11.4 Å². The van der Waals surface area contributed by atoms with Crippen molar-refractivity contribution in [1.82, 2.24) is 10.3 Å². The third kappa shape index (κ3) is 2.88. The van der Waals surface area contributed by atoms with Gasteiger partial charge >= 0.3 is 0 Å². The number of hydrogen-bond acceptors (Lipinski definition) is 4. The molecule has 2 heterocycles. The molecule has 2 aromatic heterocycles. The Morgan fingerprint density at radius 2 is 1.84 bits per heavy atom. The quantitative estimate of drug-likeness (QED) is 0.472. The molecule has 0 aliphatic rings. The van der Waals surface area contributed by atoms with Crippen molar-refractivity contribution in [2.24, 2.45) is 0 Å². The van der Waals surface area contributed by atoms with Crippen LogP contribution >= 0.6 is 27.3 Å². The first-order chi connectivity index (χ1) is 12.1. The van der Waals surface area contributed by atoms with Crippen LogP contribution in [0.5, 0.6) is 5.75 Å². The van der Waals surface area contributed by atoms with Gasteiger partial charge in [0.1, 0.15) is 4.60 Å². The molecule has 4 aromatic rings. The van der Waals surface area contributed by atoms with Crippen LogP contribution in [0.4, 0.5) is 0 Å². The van der Waals surface area contributed by atoms with Crippen LogP contribution in [0.25, 0.3) is 20.2 Å². The van der Waals surface area contributed by atoms with E-state index in [9.17, 15) is 9.90 Å². The number of nitrogens with zero attached hydrogens (tertiary/aromatic N) is 1. The van der Waals surface area contributed by atoms with Crippen molar-refractivity contribution in [3.05, 3.63) is 70.5 Å². The van der Waals surface area contributed by atoms with Crippen LogP contribution in [0.3, 0.4) is 0 Å². The standard InChI is InChI=1S/C19H13BrN2O2S/c20-18-14-12-8-4-5-9-13(12)25-17(14)16(23)15(22-18)19(24)21-10-11-6-2-1-3-7-11/h1-9,23H,10H2,(H,21,24). The molecule has 0 radical (unpaired) electrons. The molecule has 4 nitrogen and oxygen atoms in total. The van der Waals surface area contributed by atoms with Gasteiger partial charge in [-0.25, -0.2) is 4.98 Å². The lowest BCUT2D eigenvalue weighted by Gasteiger charge is -2.08. The zero-order valence-corrected chi connectivity index (χ0v) is 15.4. The van der Waals surface area contributed by atoms with E-state index in [-0.39, 0.29) is 11.4 Å². The molecule has 0 aliphatic carbocycles. The van der Waals surface area contributed by atoms with Crippen LogP contribution in [0.2, 0.25) is 0 Å². The predicted molar refractivity (Wildman–Crippen MR) is 104 cm³/mol. The van der Waals surface area contributed by atoms with Crippen LogP contribution in [-0.4, -0.2) is 16.0 Å². The summed E-state index contributed by atoms with van der Waals surface area (Å²) in [4.78, 5) is 16.8. The first kappa shape index (κ1) is 16.1. The minimum Gasteiger partial charge on any atom is -0.504 e. The van der Waals surface area contributed by atoms with Crippen molar-refractivity contribution in [1.29, 1.82) is 0 Å². The van der Waals surface area contributed by atoms with E-state index in [1.54, 1.807) is 0 Å². The Morgan fingerprint density at radius 3 is 2.64 bits per heavy atom. The van der Waals surface area contributed by atoms with Gasteiger partial charge in [0.05, 0.1) is 4.70 Å². The van der Waals surface area contributed by atoms with E-state index in [4.69, 9.17) is 0 Å². The van der Waals surface area contributed by atoms with E-state index in [1.165, 1.54) is 11.3 Å². The number of halogens is 1. The second kappa shape index (κ2) is 6.46. The molecule has 6 heteroatoms. The molecule has 0 spiro atoms. The molecule has 0 fully saturated rings. The molecule has 0 unspecified atom stereocenters. The largest absolute Gasteiger partial charge is 0.504 e. The highest BCUT2D eigenvalue weighted by molar-refractivity contribution is 9.10. The van der Waals surface area contributed by atoms with Crippen molar-refractivity contribution in [3.63, 3.8) is 0 Å². The molecule has 2 N–H and O–H groups in total. The van der Waals surface area contributed by atoms with Crippen LogP contribution in [-0.2, 0) is 6.54 Å². The van der Waals surface area contributed by atoms with Gasteiger partial charge < -0.3 is 10.4 Å². The average Bonchev–Trinajstić information content (AvgIpc) is 3.04. The predicted octanol–water partition coefficient (Wildman–Crippen LogP) is 4.85. The van der Waals surface area contributed by atoms with Gasteiger partial charge in [-0.3, -0.25) is 4.79 Å². The summed E-state index contributed by atoms with van der Waals surface area (Å²) in [7, 11) is 0. The van der Waals surface area contributed by atoms with E-state index in [2.05, 4.69) is 26.2 Å². The summed E-state index contributed by atoms with van der Waals surface area (Å²) in [5.41, 5.74) is 1.01. The van der Waals surface area contributed by atoms with Gasteiger partial charge in [-0.15, -0.1) is 11.3 Å². The lowest BCUT2D eigenvalue weighted by Crippen LogP contribution is -2.24. The molecule has 0 atom stereocenters. The monoisotopic (exact) mass is 412 g/mol. The van der Waals surface area contributed by atoms with Crippen molar-refractivity contribution >= 4 is 53.3 Å². The van der Waals surface area contributed by atoms with Crippen molar-refractivity contribution in [3.8, 4) is 5.75 Å². The second-order valence-electron chi connectivity index (χ2n) is 5.57. The Kier molecular flexibility index (Phi) is 4.15. The average molecular weight is 413 g/mol. The number of carbonyl (C=O) groups is 1. The minimum atomic E-state index is -0.401. The van der Waals surface area contributed by atoms with Crippen LogP contribution in [0.1, 0.15) is 16.1 Å². The number of amides is 1. The lowest BCUT2D eigenvalue weighted by atomic mass is 10.1. The second-order valence-corrected chi connectivity index (χ2v) is 7.37. The number of hydrogen-bond donors (Lipinski definition) is 2. The molecular weight excluding hydrogens is 400 g/mol. The first-order valence-electron chi connectivity index (χ1n) is 7.67. The fourth-order valence-electron chi connectivity index (χ4n) is 2.75. The minimum absolute atomic E-state index is 0.0295. The molecule has 4 rings (SSSR count). The fraction of sp³-hybridized carbons (Fsp3) is 0.0526. The maximum atomic E-state index is 12.5. The molecule has 25 heavy (non-hydrogen) atoms.